The monoisotopic (exact) mass is 241 g/mol. The molecule has 0 heterocycles. The van der Waals surface area contributed by atoms with Crippen molar-refractivity contribution in [2.24, 2.45) is 0 Å². The van der Waals surface area contributed by atoms with Crippen molar-refractivity contribution >= 4 is 22.8 Å². The molecule has 3 nitrogen and oxygen atoms in total. The second-order valence-corrected chi connectivity index (χ2v) is 4.01. The molecule has 2 N–H and O–H groups in total. The molecule has 0 aliphatic rings. The van der Waals surface area contributed by atoms with Gasteiger partial charge in [0.15, 0.2) is 0 Å². The molecule has 0 spiro atoms. The first kappa shape index (κ1) is 12.3. The van der Waals surface area contributed by atoms with E-state index in [-0.39, 0.29) is 0 Å². The third-order valence-corrected chi connectivity index (χ3v) is 2.81. The third kappa shape index (κ3) is 2.41. The van der Waals surface area contributed by atoms with Gasteiger partial charge in [-0.25, -0.2) is 4.79 Å². The van der Waals surface area contributed by atoms with Gasteiger partial charge in [0.05, 0.1) is 5.56 Å². The molecule has 0 fully saturated rings. The van der Waals surface area contributed by atoms with E-state index in [9.17, 15) is 4.79 Å². The molecule has 0 unspecified atom stereocenters. The summed E-state index contributed by atoms with van der Waals surface area (Å²) < 4.78 is 0. The lowest BCUT2D eigenvalue weighted by Gasteiger charge is -2.05. The highest BCUT2D eigenvalue weighted by Crippen LogP contribution is 2.23. The first-order chi connectivity index (χ1) is 8.74. The van der Waals surface area contributed by atoms with Crippen molar-refractivity contribution in [2.45, 2.75) is 0 Å². The lowest BCUT2D eigenvalue weighted by Crippen LogP contribution is -2.03. The number of carboxylic acid groups (broad SMARTS) is 1. The number of aromatic carboxylic acids is 1. The lowest BCUT2D eigenvalue weighted by molar-refractivity contribution is 0.0699. The average molecular weight is 241 g/mol. The Bertz CT molecular complexity index is 602. The molecule has 3 heteroatoms. The van der Waals surface area contributed by atoms with E-state index in [4.69, 9.17) is 5.11 Å². The second kappa shape index (κ2) is 5.47. The van der Waals surface area contributed by atoms with Gasteiger partial charge in [0.25, 0.3) is 0 Å². The highest BCUT2D eigenvalue weighted by Gasteiger charge is 2.08. The fourth-order valence-electron chi connectivity index (χ4n) is 1.97. The maximum atomic E-state index is 11.2. The first-order valence-corrected chi connectivity index (χ1v) is 5.80. The predicted octanol–water partition coefficient (Wildman–Crippen LogP) is 2.77. The zero-order valence-electron chi connectivity index (χ0n) is 10.2. The van der Waals surface area contributed by atoms with E-state index in [1.165, 1.54) is 0 Å². The summed E-state index contributed by atoms with van der Waals surface area (Å²) in [6, 6.07) is 11.1. The van der Waals surface area contributed by atoms with Crippen molar-refractivity contribution in [3.63, 3.8) is 0 Å². The first-order valence-electron chi connectivity index (χ1n) is 5.80. The van der Waals surface area contributed by atoms with Crippen LogP contribution in [-0.2, 0) is 0 Å². The predicted molar refractivity (Wildman–Crippen MR) is 73.9 cm³/mol. The zero-order chi connectivity index (χ0) is 13.0. The smallest absolute Gasteiger partial charge is 0.336 e. The third-order valence-electron chi connectivity index (χ3n) is 2.81. The minimum absolute atomic E-state index is 0.344. The van der Waals surface area contributed by atoms with E-state index in [0.717, 1.165) is 22.9 Å². The summed E-state index contributed by atoms with van der Waals surface area (Å²) in [4.78, 5) is 11.2. The van der Waals surface area contributed by atoms with Gasteiger partial charge in [-0.1, -0.05) is 42.5 Å². The molecule has 2 rings (SSSR count). The molecule has 0 bridgehead atoms. The highest BCUT2D eigenvalue weighted by molar-refractivity contribution is 6.05. The normalized spacial score (nSPS) is 11.2. The lowest BCUT2D eigenvalue weighted by atomic mass is 10.00. The fourth-order valence-corrected chi connectivity index (χ4v) is 1.97. The fraction of sp³-hybridized carbons (Fsp3) is 0.133. The van der Waals surface area contributed by atoms with Gasteiger partial charge in [-0.05, 0) is 29.4 Å². The summed E-state index contributed by atoms with van der Waals surface area (Å²) in [7, 11) is 1.88. The van der Waals surface area contributed by atoms with Crippen LogP contribution >= 0.6 is 0 Å². The van der Waals surface area contributed by atoms with Gasteiger partial charge < -0.3 is 10.4 Å². The van der Waals surface area contributed by atoms with Crippen LogP contribution in [0.3, 0.4) is 0 Å². The van der Waals surface area contributed by atoms with Crippen molar-refractivity contribution in [3.05, 3.63) is 53.6 Å². The molecular weight excluding hydrogens is 226 g/mol. The summed E-state index contributed by atoms with van der Waals surface area (Å²) in [6.07, 6.45) is 4.02. The molecule has 92 valence electrons. The molecule has 0 aliphatic carbocycles. The molecule has 2 aromatic carbocycles. The molecule has 18 heavy (non-hydrogen) atoms. The van der Waals surface area contributed by atoms with Crippen LogP contribution in [0.1, 0.15) is 15.9 Å². The summed E-state index contributed by atoms with van der Waals surface area (Å²) in [5, 5.41) is 13.9. The van der Waals surface area contributed by atoms with Crippen LogP contribution in [0.5, 0.6) is 0 Å². The maximum Gasteiger partial charge on any atom is 0.336 e. The van der Waals surface area contributed by atoms with Gasteiger partial charge in [0.1, 0.15) is 0 Å². The summed E-state index contributed by atoms with van der Waals surface area (Å²) in [6.45, 7) is 0.787. The van der Waals surface area contributed by atoms with Gasteiger partial charge in [0, 0.05) is 6.54 Å². The number of hydrogen-bond donors (Lipinski definition) is 2. The summed E-state index contributed by atoms with van der Waals surface area (Å²) in [5.41, 5.74) is 1.38. The minimum Gasteiger partial charge on any atom is -0.478 e. The molecule has 0 aliphatic heterocycles. The van der Waals surface area contributed by atoms with Gasteiger partial charge in [-0.3, -0.25) is 0 Å². The van der Waals surface area contributed by atoms with Crippen LogP contribution in [0.25, 0.3) is 16.8 Å². The Balaban J connectivity index is 2.56. The van der Waals surface area contributed by atoms with Crippen LogP contribution < -0.4 is 5.32 Å². The summed E-state index contributed by atoms with van der Waals surface area (Å²) >= 11 is 0. The van der Waals surface area contributed by atoms with Crippen LogP contribution in [0.4, 0.5) is 0 Å². The zero-order valence-corrected chi connectivity index (χ0v) is 10.2. The number of rotatable bonds is 4. The van der Waals surface area contributed by atoms with Gasteiger partial charge in [0.2, 0.25) is 0 Å². The Morgan fingerprint density at radius 2 is 1.94 bits per heavy atom. The molecule has 0 atom stereocenters. The van der Waals surface area contributed by atoms with E-state index >= 15 is 0 Å². The minimum atomic E-state index is -0.892. The number of carbonyl (C=O) groups is 1. The van der Waals surface area contributed by atoms with Crippen molar-refractivity contribution in [1.82, 2.24) is 5.32 Å². The molecule has 0 saturated carbocycles. The number of carboxylic acids is 1. The maximum absolute atomic E-state index is 11.2. The molecular formula is C15H15NO2. The van der Waals surface area contributed by atoms with Crippen molar-refractivity contribution in [3.8, 4) is 0 Å². The quantitative estimate of drug-likeness (QED) is 0.865. The number of hydrogen-bond acceptors (Lipinski definition) is 2. The van der Waals surface area contributed by atoms with Crippen molar-refractivity contribution in [2.75, 3.05) is 13.6 Å². The second-order valence-electron chi connectivity index (χ2n) is 4.01. The number of nitrogens with one attached hydrogen (secondary N) is 1. The van der Waals surface area contributed by atoms with E-state index in [0.29, 0.717) is 5.56 Å². The summed E-state index contributed by atoms with van der Waals surface area (Å²) in [5.74, 6) is -0.892. The highest BCUT2D eigenvalue weighted by atomic mass is 16.4. The van der Waals surface area contributed by atoms with Crippen LogP contribution in [0, 0.1) is 0 Å². The Hall–Kier alpha value is -2.13. The Morgan fingerprint density at radius 1 is 1.22 bits per heavy atom. The Labute approximate surface area is 106 Å². The Morgan fingerprint density at radius 3 is 2.67 bits per heavy atom. The van der Waals surface area contributed by atoms with Crippen LogP contribution in [0.2, 0.25) is 0 Å². The van der Waals surface area contributed by atoms with Crippen LogP contribution in [0.15, 0.2) is 42.5 Å². The van der Waals surface area contributed by atoms with Gasteiger partial charge in [-0.15, -0.1) is 0 Å². The van der Waals surface area contributed by atoms with Crippen LogP contribution in [-0.4, -0.2) is 24.7 Å². The topological polar surface area (TPSA) is 49.3 Å². The van der Waals surface area contributed by atoms with E-state index in [2.05, 4.69) is 5.32 Å². The van der Waals surface area contributed by atoms with Gasteiger partial charge in [-0.2, -0.15) is 0 Å². The molecule has 0 amide bonds. The van der Waals surface area contributed by atoms with E-state index in [1.54, 1.807) is 12.1 Å². The Kier molecular flexibility index (Phi) is 3.75. The standard InChI is InChI=1S/C15H15NO2/c1-16-10-4-6-11-5-2-8-13-12(11)7-3-9-14(13)15(17)18/h2-9,16H,10H2,1H3,(H,17,18). The average Bonchev–Trinajstić information content (AvgIpc) is 2.38. The van der Waals surface area contributed by atoms with Crippen molar-refractivity contribution in [1.29, 1.82) is 0 Å². The SMILES string of the molecule is CNCC=Cc1cccc2c(C(=O)O)cccc12. The van der Waals surface area contributed by atoms with E-state index in [1.807, 2.05) is 43.5 Å². The molecule has 0 radical (unpaired) electrons. The van der Waals surface area contributed by atoms with Gasteiger partial charge >= 0.3 is 5.97 Å². The molecule has 0 aromatic heterocycles. The van der Waals surface area contributed by atoms with E-state index < -0.39 is 5.97 Å². The largest absolute Gasteiger partial charge is 0.478 e. The molecule has 0 saturated heterocycles. The number of fused-ring (bicyclic) bond motifs is 1. The van der Waals surface area contributed by atoms with Crippen molar-refractivity contribution < 1.29 is 9.90 Å². The molecule has 2 aromatic rings. The number of benzene rings is 2. The number of likely N-dealkylation sites (N-methyl/N-ethyl adjacent to an activating group) is 1.